The smallest absolute Gasteiger partial charge is 0.171 e. The molecule has 0 radical (unpaired) electrons. The van der Waals surface area contributed by atoms with Crippen molar-refractivity contribution in [2.45, 2.75) is 33.4 Å². The molecule has 1 unspecified atom stereocenters. The van der Waals surface area contributed by atoms with E-state index in [9.17, 15) is 0 Å². The minimum Gasteiger partial charge on any atom is -0.489 e. The Balaban J connectivity index is 1.54. The molecule has 0 saturated heterocycles. The van der Waals surface area contributed by atoms with Crippen LogP contribution in [0.3, 0.4) is 0 Å². The van der Waals surface area contributed by atoms with Gasteiger partial charge in [0.15, 0.2) is 5.11 Å². The van der Waals surface area contributed by atoms with E-state index >= 15 is 0 Å². The molecule has 5 heteroatoms. The van der Waals surface area contributed by atoms with Crippen molar-refractivity contribution in [3.05, 3.63) is 89.2 Å². The molecule has 1 aromatic heterocycles. The lowest BCUT2D eigenvalue weighted by atomic mass is 10.1. The van der Waals surface area contributed by atoms with Gasteiger partial charge < -0.3 is 15.4 Å². The highest BCUT2D eigenvalue weighted by molar-refractivity contribution is 7.80. The molecule has 0 aliphatic heterocycles. The molecule has 0 aliphatic rings. The summed E-state index contributed by atoms with van der Waals surface area (Å²) < 4.78 is 5.81. The summed E-state index contributed by atoms with van der Waals surface area (Å²) in [6.07, 6.45) is 3.57. The van der Waals surface area contributed by atoms with Gasteiger partial charge in [0.2, 0.25) is 0 Å². The van der Waals surface area contributed by atoms with Crippen LogP contribution in [-0.4, -0.2) is 10.1 Å². The van der Waals surface area contributed by atoms with Crippen molar-refractivity contribution >= 4 is 23.0 Å². The number of thiocarbonyl (C=S) groups is 1. The number of ether oxygens (including phenoxy) is 1. The predicted molar refractivity (Wildman–Crippen MR) is 119 cm³/mol. The van der Waals surface area contributed by atoms with Crippen LogP contribution in [0.2, 0.25) is 0 Å². The second-order valence-corrected chi connectivity index (χ2v) is 7.27. The zero-order valence-electron chi connectivity index (χ0n) is 16.4. The second-order valence-electron chi connectivity index (χ2n) is 6.86. The molecule has 144 valence electrons. The minimum absolute atomic E-state index is 0.0810. The van der Waals surface area contributed by atoms with E-state index in [0.29, 0.717) is 11.7 Å². The molecular formula is C23H25N3OS. The number of aromatic nitrogens is 1. The fourth-order valence-corrected chi connectivity index (χ4v) is 3.10. The van der Waals surface area contributed by atoms with E-state index in [1.54, 1.807) is 6.20 Å². The topological polar surface area (TPSA) is 46.2 Å². The number of hydrogen-bond acceptors (Lipinski definition) is 3. The third-order valence-electron chi connectivity index (χ3n) is 4.50. The summed E-state index contributed by atoms with van der Waals surface area (Å²) in [5.41, 5.74) is 5.58. The van der Waals surface area contributed by atoms with Gasteiger partial charge in [0.1, 0.15) is 12.4 Å². The third kappa shape index (κ3) is 5.54. The van der Waals surface area contributed by atoms with Crippen LogP contribution in [-0.2, 0) is 6.61 Å². The number of pyridine rings is 1. The molecule has 0 fully saturated rings. The van der Waals surface area contributed by atoms with Gasteiger partial charge in [0, 0.05) is 23.6 Å². The first-order valence-electron chi connectivity index (χ1n) is 9.27. The van der Waals surface area contributed by atoms with E-state index in [1.807, 2.05) is 30.5 Å². The predicted octanol–water partition coefficient (Wildman–Crippen LogP) is 5.33. The van der Waals surface area contributed by atoms with Gasteiger partial charge in [0.05, 0.1) is 6.04 Å². The average Bonchev–Trinajstić information content (AvgIpc) is 2.70. The maximum Gasteiger partial charge on any atom is 0.171 e. The molecule has 0 bridgehead atoms. The quantitative estimate of drug-likeness (QED) is 0.557. The number of rotatable bonds is 6. The van der Waals surface area contributed by atoms with E-state index in [2.05, 4.69) is 66.7 Å². The molecular weight excluding hydrogens is 366 g/mol. The highest BCUT2D eigenvalue weighted by atomic mass is 32.1. The lowest BCUT2D eigenvalue weighted by molar-refractivity contribution is 0.305. The summed E-state index contributed by atoms with van der Waals surface area (Å²) in [5.74, 6) is 0.830. The number of benzene rings is 2. The summed E-state index contributed by atoms with van der Waals surface area (Å²) in [5, 5.41) is 7.24. The van der Waals surface area contributed by atoms with E-state index in [0.717, 1.165) is 28.1 Å². The molecule has 1 atom stereocenters. The molecule has 0 spiro atoms. The summed E-state index contributed by atoms with van der Waals surface area (Å²) in [6, 6.07) is 18.3. The number of hydrogen-bond donors (Lipinski definition) is 2. The summed E-state index contributed by atoms with van der Waals surface area (Å²) in [4.78, 5) is 4.10. The Morgan fingerprint density at radius 1 is 1.11 bits per heavy atom. The number of nitrogens with zero attached hydrogens (tertiary/aromatic N) is 1. The molecule has 0 saturated carbocycles. The number of nitrogens with one attached hydrogen (secondary N) is 2. The Hall–Kier alpha value is -2.92. The van der Waals surface area contributed by atoms with Crippen LogP contribution in [0.4, 0.5) is 5.69 Å². The van der Waals surface area contributed by atoms with Gasteiger partial charge in [-0.2, -0.15) is 0 Å². The van der Waals surface area contributed by atoms with Crippen LogP contribution in [0, 0.1) is 13.8 Å². The van der Waals surface area contributed by atoms with Crippen LogP contribution in [0.15, 0.2) is 67.0 Å². The molecule has 3 rings (SSSR count). The lowest BCUT2D eigenvalue weighted by Gasteiger charge is -2.19. The first-order valence-corrected chi connectivity index (χ1v) is 9.68. The van der Waals surface area contributed by atoms with E-state index < -0.39 is 0 Å². The third-order valence-corrected chi connectivity index (χ3v) is 4.72. The lowest BCUT2D eigenvalue weighted by Crippen LogP contribution is -2.31. The first-order chi connectivity index (χ1) is 13.5. The van der Waals surface area contributed by atoms with E-state index in [-0.39, 0.29) is 6.04 Å². The van der Waals surface area contributed by atoms with Gasteiger partial charge in [-0.1, -0.05) is 30.3 Å². The summed E-state index contributed by atoms with van der Waals surface area (Å²) in [7, 11) is 0. The largest absolute Gasteiger partial charge is 0.489 e. The Morgan fingerprint density at radius 2 is 1.89 bits per heavy atom. The zero-order chi connectivity index (χ0) is 19.9. The van der Waals surface area contributed by atoms with Gasteiger partial charge in [0.25, 0.3) is 0 Å². The van der Waals surface area contributed by atoms with E-state index in [1.165, 1.54) is 5.56 Å². The van der Waals surface area contributed by atoms with Crippen LogP contribution in [0.25, 0.3) is 0 Å². The van der Waals surface area contributed by atoms with Gasteiger partial charge >= 0.3 is 0 Å². The van der Waals surface area contributed by atoms with Crippen molar-refractivity contribution in [1.29, 1.82) is 0 Å². The van der Waals surface area contributed by atoms with Gasteiger partial charge in [-0.25, -0.2) is 0 Å². The van der Waals surface area contributed by atoms with Crippen LogP contribution in [0.1, 0.15) is 35.2 Å². The molecule has 0 amide bonds. The van der Waals surface area contributed by atoms with Crippen molar-refractivity contribution in [3.8, 4) is 5.75 Å². The van der Waals surface area contributed by atoms with Crippen LogP contribution < -0.4 is 15.4 Å². The van der Waals surface area contributed by atoms with Gasteiger partial charge in [-0.15, -0.1) is 0 Å². The maximum atomic E-state index is 5.81. The normalized spacial score (nSPS) is 11.5. The fraction of sp³-hybridized carbons (Fsp3) is 0.217. The standard InChI is InChI=1S/C23H25N3OS/c1-16-6-7-17(2)22(13-16)26-23(28)25-18(3)20-8-10-21(11-9-20)27-15-19-5-4-12-24-14-19/h4-14,18H,15H2,1-3H3,(H2,25,26,28). The molecule has 3 aromatic rings. The van der Waals surface area contributed by atoms with Crippen LogP contribution >= 0.6 is 12.2 Å². The van der Waals surface area contributed by atoms with Crippen LogP contribution in [0.5, 0.6) is 5.75 Å². The second kappa shape index (κ2) is 9.33. The monoisotopic (exact) mass is 391 g/mol. The SMILES string of the molecule is Cc1ccc(C)c(NC(=S)NC(C)c2ccc(OCc3cccnc3)cc2)c1. The first kappa shape index (κ1) is 19.8. The van der Waals surface area contributed by atoms with Gasteiger partial charge in [-0.3, -0.25) is 4.98 Å². The maximum absolute atomic E-state index is 5.81. The van der Waals surface area contributed by atoms with Crippen molar-refractivity contribution in [1.82, 2.24) is 10.3 Å². The Morgan fingerprint density at radius 3 is 2.61 bits per heavy atom. The van der Waals surface area contributed by atoms with Crippen molar-refractivity contribution in [3.63, 3.8) is 0 Å². The Bertz CT molecular complexity index is 926. The summed E-state index contributed by atoms with van der Waals surface area (Å²) in [6.45, 7) is 6.73. The van der Waals surface area contributed by atoms with Crippen molar-refractivity contribution < 1.29 is 4.74 Å². The highest BCUT2D eigenvalue weighted by Crippen LogP contribution is 2.20. The minimum atomic E-state index is 0.0810. The summed E-state index contributed by atoms with van der Waals surface area (Å²) >= 11 is 5.48. The molecule has 4 nitrogen and oxygen atoms in total. The highest BCUT2D eigenvalue weighted by Gasteiger charge is 2.09. The van der Waals surface area contributed by atoms with Gasteiger partial charge in [-0.05, 0) is 73.9 Å². The van der Waals surface area contributed by atoms with Crippen molar-refractivity contribution in [2.24, 2.45) is 0 Å². The molecule has 2 aromatic carbocycles. The fourth-order valence-electron chi connectivity index (χ4n) is 2.81. The zero-order valence-corrected chi connectivity index (χ0v) is 17.2. The Labute approximate surface area is 172 Å². The average molecular weight is 392 g/mol. The molecule has 2 N–H and O–H groups in total. The van der Waals surface area contributed by atoms with E-state index in [4.69, 9.17) is 17.0 Å². The number of aryl methyl sites for hydroxylation is 2. The van der Waals surface area contributed by atoms with Crippen molar-refractivity contribution in [2.75, 3.05) is 5.32 Å². The molecule has 1 heterocycles. The molecule has 28 heavy (non-hydrogen) atoms. The molecule has 0 aliphatic carbocycles. The Kier molecular flexibility index (Phi) is 6.61. The number of anilines is 1.